The molecule has 0 amide bonds. The average Bonchev–Trinajstić information content (AvgIpc) is 3.07. The molecule has 0 radical (unpaired) electrons. The van der Waals surface area contributed by atoms with Gasteiger partial charge < -0.3 is 10.1 Å². The Morgan fingerprint density at radius 2 is 1.95 bits per heavy atom. The molecule has 4 heteroatoms. The van der Waals surface area contributed by atoms with Crippen molar-refractivity contribution in [3.63, 3.8) is 0 Å². The number of benzene rings is 1. The molecule has 2 aliphatic rings. The molecule has 1 aromatic carbocycles. The van der Waals surface area contributed by atoms with Crippen LogP contribution >= 0.6 is 11.3 Å². The lowest BCUT2D eigenvalue weighted by Gasteiger charge is -2.35. The van der Waals surface area contributed by atoms with E-state index in [9.17, 15) is 0 Å². The molecule has 4 rings (SSSR count). The normalized spacial score (nSPS) is 25.8. The largest absolute Gasteiger partial charge is 0.370 e. The van der Waals surface area contributed by atoms with E-state index in [4.69, 9.17) is 4.74 Å². The van der Waals surface area contributed by atoms with E-state index < -0.39 is 0 Å². The van der Waals surface area contributed by atoms with Crippen molar-refractivity contribution >= 4 is 11.3 Å². The van der Waals surface area contributed by atoms with Crippen molar-refractivity contribution < 1.29 is 4.74 Å². The van der Waals surface area contributed by atoms with E-state index in [0.717, 1.165) is 39.3 Å². The van der Waals surface area contributed by atoms with Crippen molar-refractivity contribution in [2.45, 2.75) is 12.0 Å². The molecule has 116 valence electrons. The van der Waals surface area contributed by atoms with Crippen LogP contribution in [0.1, 0.15) is 28.0 Å². The lowest BCUT2D eigenvalue weighted by atomic mass is 9.89. The summed E-state index contributed by atoms with van der Waals surface area (Å²) in [7, 11) is 0. The predicted octanol–water partition coefficient (Wildman–Crippen LogP) is 2.86. The Morgan fingerprint density at radius 3 is 2.77 bits per heavy atom. The molecule has 0 saturated carbocycles. The first-order valence-corrected chi connectivity index (χ1v) is 8.96. The molecule has 0 bridgehead atoms. The summed E-state index contributed by atoms with van der Waals surface area (Å²) in [6.45, 7) is 6.26. The van der Waals surface area contributed by atoms with Gasteiger partial charge in [-0.3, -0.25) is 4.90 Å². The Hall–Kier alpha value is -1.20. The highest BCUT2D eigenvalue weighted by Crippen LogP contribution is 2.40. The SMILES string of the molecule is c1ccc(C2COC(CN3CCNCC3)c3sccc32)cc1. The van der Waals surface area contributed by atoms with Crippen LogP contribution in [0.5, 0.6) is 0 Å². The zero-order chi connectivity index (χ0) is 14.8. The van der Waals surface area contributed by atoms with Crippen LogP contribution in [0, 0.1) is 0 Å². The van der Waals surface area contributed by atoms with E-state index in [0.29, 0.717) is 5.92 Å². The number of rotatable bonds is 3. The van der Waals surface area contributed by atoms with Gasteiger partial charge in [-0.2, -0.15) is 0 Å². The summed E-state index contributed by atoms with van der Waals surface area (Å²) in [6, 6.07) is 13.0. The minimum absolute atomic E-state index is 0.244. The number of nitrogens with one attached hydrogen (secondary N) is 1. The predicted molar refractivity (Wildman–Crippen MR) is 90.6 cm³/mol. The van der Waals surface area contributed by atoms with Crippen LogP contribution in [0.4, 0.5) is 0 Å². The summed E-state index contributed by atoms with van der Waals surface area (Å²) in [5.74, 6) is 0.390. The molecular formula is C18H22N2OS. The molecule has 1 aromatic heterocycles. The van der Waals surface area contributed by atoms with Crippen LogP contribution < -0.4 is 5.32 Å². The molecule has 0 aliphatic carbocycles. The third kappa shape index (κ3) is 2.84. The minimum Gasteiger partial charge on any atom is -0.370 e. The Labute approximate surface area is 135 Å². The number of hydrogen-bond donors (Lipinski definition) is 1. The number of ether oxygens (including phenoxy) is 1. The first kappa shape index (κ1) is 14.4. The molecule has 1 N–H and O–H groups in total. The number of hydrogen-bond acceptors (Lipinski definition) is 4. The summed E-state index contributed by atoms with van der Waals surface area (Å²) in [4.78, 5) is 3.95. The third-order valence-corrected chi connectivity index (χ3v) is 5.72. The monoisotopic (exact) mass is 314 g/mol. The maximum absolute atomic E-state index is 6.28. The second-order valence-electron chi connectivity index (χ2n) is 6.08. The highest BCUT2D eigenvalue weighted by molar-refractivity contribution is 7.10. The quantitative estimate of drug-likeness (QED) is 0.943. The second kappa shape index (κ2) is 6.50. The molecule has 22 heavy (non-hydrogen) atoms. The first-order valence-electron chi connectivity index (χ1n) is 8.09. The standard InChI is InChI=1S/C18H22N2OS/c1-2-4-14(5-3-1)16-13-21-17(18-15(16)6-11-22-18)12-20-9-7-19-8-10-20/h1-6,11,16-17,19H,7-10,12-13H2. The van der Waals surface area contributed by atoms with Crippen LogP contribution in [0.2, 0.25) is 0 Å². The fourth-order valence-electron chi connectivity index (χ4n) is 3.48. The molecule has 3 heterocycles. The van der Waals surface area contributed by atoms with Crippen molar-refractivity contribution in [3.05, 3.63) is 57.8 Å². The Bertz CT molecular complexity index is 607. The fourth-order valence-corrected chi connectivity index (χ4v) is 4.49. The zero-order valence-electron chi connectivity index (χ0n) is 12.7. The molecule has 3 nitrogen and oxygen atoms in total. The summed E-state index contributed by atoms with van der Waals surface area (Å²) >= 11 is 1.85. The molecular weight excluding hydrogens is 292 g/mol. The van der Waals surface area contributed by atoms with E-state index in [1.54, 1.807) is 0 Å². The number of fused-ring (bicyclic) bond motifs is 1. The van der Waals surface area contributed by atoms with E-state index in [-0.39, 0.29) is 6.10 Å². The molecule has 2 atom stereocenters. The van der Waals surface area contributed by atoms with Crippen molar-refractivity contribution in [2.75, 3.05) is 39.3 Å². The fraction of sp³-hybridized carbons (Fsp3) is 0.444. The molecule has 1 saturated heterocycles. The third-order valence-electron chi connectivity index (χ3n) is 4.69. The Kier molecular flexibility index (Phi) is 4.26. The molecule has 1 fully saturated rings. The van der Waals surface area contributed by atoms with Crippen molar-refractivity contribution in [3.8, 4) is 0 Å². The van der Waals surface area contributed by atoms with E-state index in [1.807, 2.05) is 11.3 Å². The smallest absolute Gasteiger partial charge is 0.105 e. The van der Waals surface area contributed by atoms with Crippen molar-refractivity contribution in [1.82, 2.24) is 10.2 Å². The molecule has 2 aliphatic heterocycles. The van der Waals surface area contributed by atoms with Crippen molar-refractivity contribution in [1.29, 1.82) is 0 Å². The van der Waals surface area contributed by atoms with Crippen LogP contribution in [-0.4, -0.2) is 44.2 Å². The topological polar surface area (TPSA) is 24.5 Å². The maximum atomic E-state index is 6.28. The lowest BCUT2D eigenvalue weighted by molar-refractivity contribution is 0.00963. The van der Waals surface area contributed by atoms with Crippen LogP contribution in [0.25, 0.3) is 0 Å². The van der Waals surface area contributed by atoms with Gasteiger partial charge in [0.05, 0.1) is 6.61 Å². The summed E-state index contributed by atoms with van der Waals surface area (Å²) in [5.41, 5.74) is 2.84. The van der Waals surface area contributed by atoms with Crippen LogP contribution in [0.15, 0.2) is 41.8 Å². The average molecular weight is 314 g/mol. The van der Waals surface area contributed by atoms with Crippen molar-refractivity contribution in [2.24, 2.45) is 0 Å². The van der Waals surface area contributed by atoms with Gasteiger partial charge in [0, 0.05) is 43.5 Å². The molecule has 2 aromatic rings. The van der Waals surface area contributed by atoms with Crippen LogP contribution in [0.3, 0.4) is 0 Å². The summed E-state index contributed by atoms with van der Waals surface area (Å²) < 4.78 is 6.28. The van der Waals surface area contributed by atoms with Gasteiger partial charge in [-0.1, -0.05) is 30.3 Å². The minimum atomic E-state index is 0.244. The van der Waals surface area contributed by atoms with E-state index >= 15 is 0 Å². The summed E-state index contributed by atoms with van der Waals surface area (Å²) in [5, 5.41) is 5.64. The highest BCUT2D eigenvalue weighted by Gasteiger charge is 2.31. The van der Waals surface area contributed by atoms with Gasteiger partial charge in [-0.05, 0) is 22.6 Å². The summed E-state index contributed by atoms with van der Waals surface area (Å²) in [6.07, 6.45) is 0.244. The van der Waals surface area contributed by atoms with E-state index in [1.165, 1.54) is 16.0 Å². The Balaban J connectivity index is 1.55. The highest BCUT2D eigenvalue weighted by atomic mass is 32.1. The maximum Gasteiger partial charge on any atom is 0.105 e. The number of nitrogens with zero attached hydrogens (tertiary/aromatic N) is 1. The second-order valence-corrected chi connectivity index (χ2v) is 7.02. The molecule has 2 unspecified atom stereocenters. The lowest BCUT2D eigenvalue weighted by Crippen LogP contribution is -2.45. The van der Waals surface area contributed by atoms with Gasteiger partial charge in [0.15, 0.2) is 0 Å². The van der Waals surface area contributed by atoms with Gasteiger partial charge in [0.1, 0.15) is 6.10 Å². The van der Waals surface area contributed by atoms with Crippen LogP contribution in [-0.2, 0) is 4.74 Å². The van der Waals surface area contributed by atoms with Gasteiger partial charge in [-0.25, -0.2) is 0 Å². The zero-order valence-corrected chi connectivity index (χ0v) is 13.5. The van der Waals surface area contributed by atoms with Gasteiger partial charge in [0.25, 0.3) is 0 Å². The van der Waals surface area contributed by atoms with E-state index in [2.05, 4.69) is 52.0 Å². The van der Waals surface area contributed by atoms with Gasteiger partial charge >= 0.3 is 0 Å². The number of piperazine rings is 1. The first-order chi connectivity index (χ1) is 10.9. The van der Waals surface area contributed by atoms with Gasteiger partial charge in [-0.15, -0.1) is 11.3 Å². The van der Waals surface area contributed by atoms with Gasteiger partial charge in [0.2, 0.25) is 0 Å². The number of thiophene rings is 1. The Morgan fingerprint density at radius 1 is 1.14 bits per heavy atom. The molecule has 0 spiro atoms.